The summed E-state index contributed by atoms with van der Waals surface area (Å²) in [5, 5.41) is 3.37. The molecule has 1 aliphatic rings. The Morgan fingerprint density at radius 3 is 2.37 bits per heavy atom. The van der Waals surface area contributed by atoms with Gasteiger partial charge in [-0.3, -0.25) is 4.99 Å². The minimum atomic E-state index is 0. The summed E-state index contributed by atoms with van der Waals surface area (Å²) in [6.07, 6.45) is 0. The molecular weight excluding hydrogens is 351 g/mol. The Morgan fingerprint density at radius 2 is 1.84 bits per heavy atom. The number of rotatable bonds is 4. The maximum absolute atomic E-state index is 4.41. The fourth-order valence-electron chi connectivity index (χ4n) is 2.03. The molecular formula is C14H23IN4. The summed E-state index contributed by atoms with van der Waals surface area (Å²) in [7, 11) is 6.24. The van der Waals surface area contributed by atoms with Gasteiger partial charge in [0.25, 0.3) is 0 Å². The second-order valence-corrected chi connectivity index (χ2v) is 5.03. The van der Waals surface area contributed by atoms with Crippen molar-refractivity contribution in [3.05, 3.63) is 35.4 Å². The molecule has 4 nitrogen and oxygen atoms in total. The van der Waals surface area contributed by atoms with E-state index >= 15 is 0 Å². The number of aliphatic imine (C=N–C) groups is 1. The monoisotopic (exact) mass is 374 g/mol. The van der Waals surface area contributed by atoms with Crippen LogP contribution in [0, 0.1) is 0 Å². The van der Waals surface area contributed by atoms with Crippen LogP contribution in [0.1, 0.15) is 11.1 Å². The Bertz CT molecular complexity index is 414. The van der Waals surface area contributed by atoms with Gasteiger partial charge in [-0.15, -0.1) is 24.0 Å². The number of nitrogens with zero attached hydrogens (tertiary/aromatic N) is 3. The van der Waals surface area contributed by atoms with Gasteiger partial charge in [0.15, 0.2) is 5.96 Å². The molecule has 0 amide bonds. The number of hydrogen-bond donors (Lipinski definition) is 1. The van der Waals surface area contributed by atoms with Crippen LogP contribution in [0.3, 0.4) is 0 Å². The number of nitrogens with one attached hydrogen (secondary N) is 1. The molecule has 0 bridgehead atoms. The molecule has 5 heteroatoms. The standard InChI is InChI=1S/C14H22N4.HI/c1-17(2)11-13-6-4-12(5-7-13)10-16-14-15-8-9-18(14)3;/h4-7H,8-11H2,1-3H3,(H,15,16);1H. The van der Waals surface area contributed by atoms with Crippen molar-refractivity contribution in [2.24, 2.45) is 4.99 Å². The van der Waals surface area contributed by atoms with E-state index in [9.17, 15) is 0 Å². The first kappa shape index (κ1) is 16.2. The van der Waals surface area contributed by atoms with Gasteiger partial charge in [0.2, 0.25) is 0 Å². The van der Waals surface area contributed by atoms with E-state index in [0.717, 1.165) is 32.1 Å². The summed E-state index contributed by atoms with van der Waals surface area (Å²) >= 11 is 0. The third kappa shape index (κ3) is 4.99. The van der Waals surface area contributed by atoms with Gasteiger partial charge < -0.3 is 15.1 Å². The van der Waals surface area contributed by atoms with Gasteiger partial charge in [-0.1, -0.05) is 24.3 Å². The molecule has 0 saturated heterocycles. The van der Waals surface area contributed by atoms with Gasteiger partial charge in [0.1, 0.15) is 0 Å². The van der Waals surface area contributed by atoms with E-state index in [1.807, 2.05) is 0 Å². The number of guanidine groups is 1. The molecule has 1 aliphatic heterocycles. The van der Waals surface area contributed by atoms with E-state index in [2.05, 4.69) is 65.5 Å². The summed E-state index contributed by atoms with van der Waals surface area (Å²) in [5.41, 5.74) is 2.64. The SMILES string of the molecule is CN(C)Cc1ccc(CNC2=NCCN2C)cc1.I. The smallest absolute Gasteiger partial charge is 0.194 e. The first-order valence-corrected chi connectivity index (χ1v) is 6.37. The van der Waals surface area contributed by atoms with Gasteiger partial charge in [-0.05, 0) is 25.2 Å². The molecule has 0 atom stereocenters. The number of benzene rings is 1. The molecule has 1 heterocycles. The Labute approximate surface area is 132 Å². The Kier molecular flexibility index (Phi) is 6.57. The highest BCUT2D eigenvalue weighted by Crippen LogP contribution is 2.06. The van der Waals surface area contributed by atoms with E-state index in [4.69, 9.17) is 0 Å². The van der Waals surface area contributed by atoms with Crippen LogP contribution in [0.25, 0.3) is 0 Å². The van der Waals surface area contributed by atoms with Gasteiger partial charge in [0, 0.05) is 26.7 Å². The van der Waals surface area contributed by atoms with Crippen molar-refractivity contribution in [1.82, 2.24) is 15.1 Å². The average Bonchev–Trinajstić information content (AvgIpc) is 2.73. The molecule has 106 valence electrons. The molecule has 0 saturated carbocycles. The Hall–Kier alpha value is -0.820. The molecule has 0 unspecified atom stereocenters. The third-order valence-electron chi connectivity index (χ3n) is 3.03. The van der Waals surface area contributed by atoms with Crippen LogP contribution in [-0.2, 0) is 13.1 Å². The molecule has 1 N–H and O–H groups in total. The van der Waals surface area contributed by atoms with Gasteiger partial charge in [-0.2, -0.15) is 0 Å². The van der Waals surface area contributed by atoms with Crippen LogP contribution in [0.5, 0.6) is 0 Å². The molecule has 0 spiro atoms. The van der Waals surface area contributed by atoms with E-state index in [0.29, 0.717) is 0 Å². The molecule has 0 aromatic heterocycles. The van der Waals surface area contributed by atoms with Gasteiger partial charge >= 0.3 is 0 Å². The van der Waals surface area contributed by atoms with Crippen molar-refractivity contribution >= 4 is 29.9 Å². The lowest BCUT2D eigenvalue weighted by molar-refractivity contribution is 0.402. The summed E-state index contributed by atoms with van der Waals surface area (Å²) in [5.74, 6) is 1.01. The van der Waals surface area contributed by atoms with E-state index in [1.54, 1.807) is 0 Å². The lowest BCUT2D eigenvalue weighted by Gasteiger charge is -2.15. The van der Waals surface area contributed by atoms with Crippen molar-refractivity contribution in [1.29, 1.82) is 0 Å². The third-order valence-corrected chi connectivity index (χ3v) is 3.03. The second-order valence-electron chi connectivity index (χ2n) is 5.03. The maximum Gasteiger partial charge on any atom is 0.194 e. The zero-order valence-corrected chi connectivity index (χ0v) is 14.2. The maximum atomic E-state index is 4.41. The fraction of sp³-hybridized carbons (Fsp3) is 0.500. The molecule has 0 fully saturated rings. The molecule has 1 aromatic carbocycles. The van der Waals surface area contributed by atoms with Crippen molar-refractivity contribution < 1.29 is 0 Å². The summed E-state index contributed by atoms with van der Waals surface area (Å²) < 4.78 is 0. The summed E-state index contributed by atoms with van der Waals surface area (Å²) in [6.45, 7) is 3.75. The molecule has 19 heavy (non-hydrogen) atoms. The predicted octanol–water partition coefficient (Wildman–Crippen LogP) is 1.76. The first-order valence-electron chi connectivity index (χ1n) is 6.37. The van der Waals surface area contributed by atoms with Crippen molar-refractivity contribution in [2.75, 3.05) is 34.2 Å². The zero-order valence-electron chi connectivity index (χ0n) is 11.9. The van der Waals surface area contributed by atoms with Crippen LogP contribution in [0.15, 0.2) is 29.3 Å². The van der Waals surface area contributed by atoms with Gasteiger partial charge in [0.05, 0.1) is 6.54 Å². The minimum absolute atomic E-state index is 0. The van der Waals surface area contributed by atoms with E-state index in [1.165, 1.54) is 11.1 Å². The van der Waals surface area contributed by atoms with Crippen LogP contribution >= 0.6 is 24.0 Å². The van der Waals surface area contributed by atoms with Gasteiger partial charge in [-0.25, -0.2) is 0 Å². The van der Waals surface area contributed by atoms with Crippen molar-refractivity contribution in [3.63, 3.8) is 0 Å². The quantitative estimate of drug-likeness (QED) is 0.815. The van der Waals surface area contributed by atoms with Crippen LogP contribution in [0.2, 0.25) is 0 Å². The largest absolute Gasteiger partial charge is 0.352 e. The zero-order chi connectivity index (χ0) is 13.0. The highest BCUT2D eigenvalue weighted by atomic mass is 127. The lowest BCUT2D eigenvalue weighted by Crippen LogP contribution is -2.35. The predicted molar refractivity (Wildman–Crippen MR) is 91.0 cm³/mol. The Morgan fingerprint density at radius 1 is 1.21 bits per heavy atom. The number of likely N-dealkylation sites (N-methyl/N-ethyl adjacent to an activating group) is 1. The highest BCUT2D eigenvalue weighted by Gasteiger charge is 2.10. The highest BCUT2D eigenvalue weighted by molar-refractivity contribution is 14.0. The molecule has 2 rings (SSSR count). The molecule has 0 aliphatic carbocycles. The number of hydrogen-bond acceptors (Lipinski definition) is 4. The number of halogens is 1. The summed E-state index contributed by atoms with van der Waals surface area (Å²) in [4.78, 5) is 8.74. The lowest BCUT2D eigenvalue weighted by atomic mass is 10.1. The van der Waals surface area contributed by atoms with Crippen molar-refractivity contribution in [2.45, 2.75) is 13.1 Å². The van der Waals surface area contributed by atoms with E-state index < -0.39 is 0 Å². The topological polar surface area (TPSA) is 30.9 Å². The normalized spacial score (nSPS) is 14.3. The van der Waals surface area contributed by atoms with Crippen LogP contribution in [0.4, 0.5) is 0 Å². The molecule has 0 radical (unpaired) electrons. The Balaban J connectivity index is 0.00000180. The average molecular weight is 374 g/mol. The minimum Gasteiger partial charge on any atom is -0.352 e. The van der Waals surface area contributed by atoms with Crippen LogP contribution in [-0.4, -0.2) is 50.0 Å². The van der Waals surface area contributed by atoms with E-state index in [-0.39, 0.29) is 24.0 Å². The summed E-state index contributed by atoms with van der Waals surface area (Å²) in [6, 6.07) is 8.75. The van der Waals surface area contributed by atoms with Crippen LogP contribution < -0.4 is 5.32 Å². The molecule has 1 aromatic rings. The van der Waals surface area contributed by atoms with Crippen molar-refractivity contribution in [3.8, 4) is 0 Å². The second kappa shape index (κ2) is 7.69. The first-order chi connectivity index (χ1) is 8.65. The fourth-order valence-corrected chi connectivity index (χ4v) is 2.03.